The molecule has 3 aromatic rings. The summed E-state index contributed by atoms with van der Waals surface area (Å²) in [5.41, 5.74) is 0.332. The van der Waals surface area contributed by atoms with Crippen LogP contribution >= 0.6 is 0 Å². The van der Waals surface area contributed by atoms with Crippen LogP contribution in [0.3, 0.4) is 0 Å². The molecular formula is C13H8O2. The Bertz CT molecular complexity index is 695. The first-order valence-corrected chi connectivity index (χ1v) is 4.76. The Balaban J connectivity index is 2.60. The van der Waals surface area contributed by atoms with Crippen molar-refractivity contribution in [1.29, 1.82) is 0 Å². The summed E-state index contributed by atoms with van der Waals surface area (Å²) >= 11 is 0. The average Bonchev–Trinajstić information content (AvgIpc) is 2.28. The van der Waals surface area contributed by atoms with Crippen molar-refractivity contribution < 1.29 is 4.42 Å². The van der Waals surface area contributed by atoms with E-state index in [9.17, 15) is 4.79 Å². The summed E-state index contributed by atoms with van der Waals surface area (Å²) < 4.78 is 5.11. The monoisotopic (exact) mass is 196 g/mol. The zero-order valence-corrected chi connectivity index (χ0v) is 7.94. The number of hydrogen-bond donors (Lipinski definition) is 0. The predicted octanol–water partition coefficient (Wildman–Crippen LogP) is 2.95. The maximum Gasteiger partial charge on any atom is 0.336 e. The Labute approximate surface area is 85.8 Å². The van der Waals surface area contributed by atoms with Crippen LogP contribution in [0.4, 0.5) is 0 Å². The third-order valence-corrected chi connectivity index (χ3v) is 2.53. The quantitative estimate of drug-likeness (QED) is 0.408. The summed E-state index contributed by atoms with van der Waals surface area (Å²) in [4.78, 5) is 11.1. The van der Waals surface area contributed by atoms with Gasteiger partial charge >= 0.3 is 5.63 Å². The Kier molecular flexibility index (Phi) is 1.62. The molecule has 0 aliphatic heterocycles. The van der Waals surface area contributed by atoms with E-state index in [4.69, 9.17) is 4.42 Å². The molecule has 0 aliphatic rings. The molecule has 0 saturated heterocycles. The summed E-state index contributed by atoms with van der Waals surface area (Å²) in [5.74, 6) is 0. The zero-order valence-electron chi connectivity index (χ0n) is 7.94. The van der Waals surface area contributed by atoms with Gasteiger partial charge in [0.2, 0.25) is 0 Å². The second kappa shape index (κ2) is 2.95. The average molecular weight is 196 g/mol. The SMILES string of the molecule is O=c1ccc2c(ccc3ccccc32)o1. The van der Waals surface area contributed by atoms with E-state index in [2.05, 4.69) is 0 Å². The van der Waals surface area contributed by atoms with E-state index < -0.39 is 0 Å². The highest BCUT2D eigenvalue weighted by Gasteiger charge is 2.01. The third kappa shape index (κ3) is 1.22. The van der Waals surface area contributed by atoms with Crippen molar-refractivity contribution in [3.8, 4) is 0 Å². The molecule has 0 amide bonds. The number of rotatable bonds is 0. The van der Waals surface area contributed by atoms with Crippen molar-refractivity contribution >= 4 is 21.7 Å². The molecule has 0 spiro atoms. The summed E-state index contributed by atoms with van der Waals surface area (Å²) in [6.07, 6.45) is 0. The van der Waals surface area contributed by atoms with E-state index >= 15 is 0 Å². The maximum absolute atomic E-state index is 11.1. The van der Waals surface area contributed by atoms with E-state index in [0.29, 0.717) is 5.58 Å². The van der Waals surface area contributed by atoms with Crippen LogP contribution in [0.2, 0.25) is 0 Å². The molecule has 2 heteroatoms. The van der Waals surface area contributed by atoms with Crippen LogP contribution in [-0.2, 0) is 0 Å². The summed E-state index contributed by atoms with van der Waals surface area (Å²) in [7, 11) is 0. The molecular weight excluding hydrogens is 188 g/mol. The van der Waals surface area contributed by atoms with E-state index in [-0.39, 0.29) is 5.63 Å². The third-order valence-electron chi connectivity index (χ3n) is 2.53. The fourth-order valence-corrected chi connectivity index (χ4v) is 1.83. The van der Waals surface area contributed by atoms with Crippen molar-refractivity contribution in [3.05, 3.63) is 59.0 Å². The fraction of sp³-hybridized carbons (Fsp3) is 0. The molecule has 0 unspecified atom stereocenters. The van der Waals surface area contributed by atoms with E-state index in [1.807, 2.05) is 42.5 Å². The van der Waals surface area contributed by atoms with Gasteiger partial charge in [0.25, 0.3) is 0 Å². The highest BCUT2D eigenvalue weighted by Crippen LogP contribution is 2.23. The molecule has 72 valence electrons. The van der Waals surface area contributed by atoms with E-state index in [1.165, 1.54) is 6.07 Å². The molecule has 3 rings (SSSR count). The fourth-order valence-electron chi connectivity index (χ4n) is 1.83. The zero-order chi connectivity index (χ0) is 10.3. The van der Waals surface area contributed by atoms with Crippen LogP contribution in [0, 0.1) is 0 Å². The predicted molar refractivity (Wildman–Crippen MR) is 60.0 cm³/mol. The van der Waals surface area contributed by atoms with E-state index in [1.54, 1.807) is 0 Å². The largest absolute Gasteiger partial charge is 0.423 e. The molecule has 2 aromatic carbocycles. The molecule has 0 atom stereocenters. The van der Waals surface area contributed by atoms with Crippen LogP contribution < -0.4 is 5.63 Å². The van der Waals surface area contributed by atoms with Gasteiger partial charge in [-0.25, -0.2) is 4.79 Å². The van der Waals surface area contributed by atoms with Crippen LogP contribution in [-0.4, -0.2) is 0 Å². The molecule has 0 N–H and O–H groups in total. The second-order valence-electron chi connectivity index (χ2n) is 3.45. The standard InChI is InChI=1S/C13H8O2/c14-13-8-6-11-10-4-2-1-3-9(10)5-7-12(11)15-13/h1-8H. The van der Waals surface area contributed by atoms with Crippen molar-refractivity contribution in [3.63, 3.8) is 0 Å². The highest BCUT2D eigenvalue weighted by molar-refractivity contribution is 6.05. The number of hydrogen-bond acceptors (Lipinski definition) is 2. The molecule has 0 saturated carbocycles. The lowest BCUT2D eigenvalue weighted by Gasteiger charge is -2.01. The topological polar surface area (TPSA) is 30.2 Å². The lowest BCUT2D eigenvalue weighted by molar-refractivity contribution is 0.561. The molecule has 0 aliphatic carbocycles. The summed E-state index contributed by atoms with van der Waals surface area (Å²) in [6.45, 7) is 0. The van der Waals surface area contributed by atoms with Gasteiger partial charge in [-0.3, -0.25) is 0 Å². The summed E-state index contributed by atoms with van der Waals surface area (Å²) in [5, 5.41) is 3.24. The normalized spacial score (nSPS) is 10.9. The van der Waals surface area contributed by atoms with Crippen molar-refractivity contribution in [2.75, 3.05) is 0 Å². The molecule has 15 heavy (non-hydrogen) atoms. The minimum Gasteiger partial charge on any atom is -0.423 e. The smallest absolute Gasteiger partial charge is 0.336 e. The van der Waals surface area contributed by atoms with Gasteiger partial charge in [0, 0.05) is 11.5 Å². The van der Waals surface area contributed by atoms with Crippen molar-refractivity contribution in [2.45, 2.75) is 0 Å². The lowest BCUT2D eigenvalue weighted by atomic mass is 10.1. The van der Waals surface area contributed by atoms with Gasteiger partial charge in [0.1, 0.15) is 5.58 Å². The van der Waals surface area contributed by atoms with Gasteiger partial charge in [-0.05, 0) is 22.9 Å². The van der Waals surface area contributed by atoms with Crippen molar-refractivity contribution in [1.82, 2.24) is 0 Å². The second-order valence-corrected chi connectivity index (χ2v) is 3.45. The van der Waals surface area contributed by atoms with Crippen LogP contribution in [0.15, 0.2) is 57.7 Å². The minimum atomic E-state index is -0.308. The van der Waals surface area contributed by atoms with Crippen LogP contribution in [0.1, 0.15) is 0 Å². The van der Waals surface area contributed by atoms with Crippen molar-refractivity contribution in [2.24, 2.45) is 0 Å². The highest BCUT2D eigenvalue weighted by atomic mass is 16.4. The van der Waals surface area contributed by atoms with Gasteiger partial charge in [-0.2, -0.15) is 0 Å². The first-order chi connectivity index (χ1) is 7.34. The molecule has 0 fully saturated rings. The summed E-state index contributed by atoms with van der Waals surface area (Å²) in [6, 6.07) is 15.1. The number of benzene rings is 2. The lowest BCUT2D eigenvalue weighted by Crippen LogP contribution is -1.94. The van der Waals surface area contributed by atoms with Crippen LogP contribution in [0.25, 0.3) is 21.7 Å². The molecule has 2 nitrogen and oxygen atoms in total. The Hall–Kier alpha value is -2.09. The van der Waals surface area contributed by atoms with Gasteiger partial charge in [-0.15, -0.1) is 0 Å². The minimum absolute atomic E-state index is 0.308. The van der Waals surface area contributed by atoms with E-state index in [0.717, 1.165) is 16.2 Å². The number of fused-ring (bicyclic) bond motifs is 3. The van der Waals surface area contributed by atoms with Gasteiger partial charge < -0.3 is 4.42 Å². The van der Waals surface area contributed by atoms with Gasteiger partial charge in [0.05, 0.1) is 0 Å². The maximum atomic E-state index is 11.1. The van der Waals surface area contributed by atoms with Gasteiger partial charge in [0.15, 0.2) is 0 Å². The van der Waals surface area contributed by atoms with Crippen LogP contribution in [0.5, 0.6) is 0 Å². The Morgan fingerprint density at radius 2 is 1.67 bits per heavy atom. The first kappa shape index (κ1) is 8.24. The Morgan fingerprint density at radius 3 is 2.60 bits per heavy atom. The first-order valence-electron chi connectivity index (χ1n) is 4.76. The van der Waals surface area contributed by atoms with Gasteiger partial charge in [-0.1, -0.05) is 30.3 Å². The molecule has 1 heterocycles. The Morgan fingerprint density at radius 1 is 0.800 bits per heavy atom. The molecule has 0 radical (unpaired) electrons. The molecule has 1 aromatic heterocycles. The molecule has 0 bridgehead atoms.